The Hall–Kier alpha value is -0.770. The molecule has 118 valence electrons. The molecular formula is C17H27ClN2O. The van der Waals surface area contributed by atoms with Crippen LogP contribution in [0.25, 0.3) is 0 Å². The zero-order valence-electron chi connectivity index (χ0n) is 13.4. The Morgan fingerprint density at radius 1 is 1.33 bits per heavy atom. The molecule has 1 saturated heterocycles. The first-order chi connectivity index (χ1) is 10.1. The molecule has 21 heavy (non-hydrogen) atoms. The van der Waals surface area contributed by atoms with Crippen molar-refractivity contribution in [2.75, 3.05) is 31.6 Å². The lowest BCUT2D eigenvalue weighted by atomic mass is 10.0. The minimum Gasteiger partial charge on any atom is -0.381 e. The maximum atomic E-state index is 6.47. The van der Waals surface area contributed by atoms with Gasteiger partial charge in [-0.1, -0.05) is 37.6 Å². The zero-order chi connectivity index (χ0) is 15.2. The number of halogens is 1. The highest BCUT2D eigenvalue weighted by Crippen LogP contribution is 2.32. The van der Waals surface area contributed by atoms with Gasteiger partial charge in [0, 0.05) is 26.7 Å². The van der Waals surface area contributed by atoms with E-state index in [0.717, 1.165) is 44.0 Å². The third kappa shape index (κ3) is 4.60. The highest BCUT2D eigenvalue weighted by atomic mass is 35.5. The Balaban J connectivity index is 2.07. The lowest BCUT2D eigenvalue weighted by molar-refractivity contribution is 0.0819. The first-order valence-corrected chi connectivity index (χ1v) is 8.25. The molecule has 0 spiro atoms. The van der Waals surface area contributed by atoms with Crippen molar-refractivity contribution in [1.82, 2.24) is 5.32 Å². The highest BCUT2D eigenvalue weighted by molar-refractivity contribution is 6.33. The van der Waals surface area contributed by atoms with Gasteiger partial charge in [-0.25, -0.2) is 0 Å². The van der Waals surface area contributed by atoms with Crippen molar-refractivity contribution in [1.29, 1.82) is 0 Å². The molecule has 0 bridgehead atoms. The molecule has 4 heteroatoms. The Labute approximate surface area is 133 Å². The monoisotopic (exact) mass is 310 g/mol. The summed E-state index contributed by atoms with van der Waals surface area (Å²) < 4.78 is 5.46. The Kier molecular flexibility index (Phi) is 6.34. The standard InChI is InChI=1S/C17H27ClN2O/c1-13(2)11-19-12-14-5-4-6-16(18)17(14)20-9-7-15(21-3)8-10-20/h4-6,13,15,19H,7-12H2,1-3H3. The second-order valence-corrected chi connectivity index (χ2v) is 6.60. The molecule has 0 atom stereocenters. The number of nitrogens with zero attached hydrogens (tertiary/aromatic N) is 1. The second-order valence-electron chi connectivity index (χ2n) is 6.19. The van der Waals surface area contributed by atoms with Crippen LogP contribution in [0.3, 0.4) is 0 Å². The summed E-state index contributed by atoms with van der Waals surface area (Å²) in [4.78, 5) is 2.41. The van der Waals surface area contributed by atoms with E-state index in [4.69, 9.17) is 16.3 Å². The zero-order valence-corrected chi connectivity index (χ0v) is 14.1. The molecule has 1 fully saturated rings. The average molecular weight is 311 g/mol. The van der Waals surface area contributed by atoms with Crippen LogP contribution >= 0.6 is 11.6 Å². The Morgan fingerprint density at radius 3 is 2.67 bits per heavy atom. The van der Waals surface area contributed by atoms with Crippen LogP contribution in [-0.2, 0) is 11.3 Å². The topological polar surface area (TPSA) is 24.5 Å². The molecule has 0 saturated carbocycles. The number of piperidine rings is 1. The van der Waals surface area contributed by atoms with Crippen molar-refractivity contribution in [2.24, 2.45) is 5.92 Å². The quantitative estimate of drug-likeness (QED) is 0.867. The van der Waals surface area contributed by atoms with Gasteiger partial charge in [0.1, 0.15) is 0 Å². The minimum absolute atomic E-state index is 0.395. The van der Waals surface area contributed by atoms with Gasteiger partial charge < -0.3 is 15.0 Å². The first-order valence-electron chi connectivity index (χ1n) is 7.87. The van der Waals surface area contributed by atoms with E-state index in [9.17, 15) is 0 Å². The fourth-order valence-electron chi connectivity index (χ4n) is 2.87. The van der Waals surface area contributed by atoms with E-state index >= 15 is 0 Å². The molecule has 0 unspecified atom stereocenters. The fourth-order valence-corrected chi connectivity index (χ4v) is 3.18. The first kappa shape index (κ1) is 16.6. The van der Waals surface area contributed by atoms with Crippen LogP contribution in [0, 0.1) is 5.92 Å². The van der Waals surface area contributed by atoms with Crippen LogP contribution in [0.1, 0.15) is 32.3 Å². The van der Waals surface area contributed by atoms with Gasteiger partial charge in [0.15, 0.2) is 0 Å². The predicted molar refractivity (Wildman–Crippen MR) is 90.2 cm³/mol. The predicted octanol–water partition coefficient (Wildman–Crippen LogP) is 3.70. The molecule has 1 heterocycles. The maximum Gasteiger partial charge on any atom is 0.0642 e. The van der Waals surface area contributed by atoms with Gasteiger partial charge in [-0.2, -0.15) is 0 Å². The molecule has 0 radical (unpaired) electrons. The number of ether oxygens (including phenoxy) is 1. The molecule has 0 aliphatic carbocycles. The maximum absolute atomic E-state index is 6.47. The number of anilines is 1. The van der Waals surface area contributed by atoms with Gasteiger partial charge in [0.25, 0.3) is 0 Å². The minimum atomic E-state index is 0.395. The van der Waals surface area contributed by atoms with Gasteiger partial charge in [0.2, 0.25) is 0 Å². The number of hydrogen-bond acceptors (Lipinski definition) is 3. The summed E-state index contributed by atoms with van der Waals surface area (Å²) in [6, 6.07) is 6.21. The van der Waals surface area contributed by atoms with Crippen molar-refractivity contribution in [3.05, 3.63) is 28.8 Å². The van der Waals surface area contributed by atoms with Crippen LogP contribution in [0.2, 0.25) is 5.02 Å². The SMILES string of the molecule is COC1CCN(c2c(Cl)cccc2CNCC(C)C)CC1. The summed E-state index contributed by atoms with van der Waals surface area (Å²) in [7, 11) is 1.80. The van der Waals surface area contributed by atoms with Crippen molar-refractivity contribution in [3.63, 3.8) is 0 Å². The van der Waals surface area contributed by atoms with Crippen molar-refractivity contribution in [3.8, 4) is 0 Å². The van der Waals surface area contributed by atoms with E-state index in [2.05, 4.69) is 30.1 Å². The molecular weight excluding hydrogens is 284 g/mol. The molecule has 3 nitrogen and oxygen atoms in total. The van der Waals surface area contributed by atoms with E-state index in [0.29, 0.717) is 12.0 Å². The average Bonchev–Trinajstić information content (AvgIpc) is 2.47. The van der Waals surface area contributed by atoms with Gasteiger partial charge in [-0.05, 0) is 36.9 Å². The smallest absolute Gasteiger partial charge is 0.0642 e. The van der Waals surface area contributed by atoms with E-state index in [1.54, 1.807) is 7.11 Å². The van der Waals surface area contributed by atoms with Gasteiger partial charge >= 0.3 is 0 Å². The van der Waals surface area contributed by atoms with Gasteiger partial charge in [-0.15, -0.1) is 0 Å². The number of benzene rings is 1. The van der Waals surface area contributed by atoms with Crippen molar-refractivity contribution < 1.29 is 4.74 Å². The molecule has 0 amide bonds. The van der Waals surface area contributed by atoms with Crippen LogP contribution < -0.4 is 10.2 Å². The van der Waals surface area contributed by atoms with Crippen LogP contribution in [0.5, 0.6) is 0 Å². The molecule has 0 aromatic heterocycles. The number of hydrogen-bond donors (Lipinski definition) is 1. The number of para-hydroxylation sites is 1. The third-order valence-electron chi connectivity index (χ3n) is 4.03. The van der Waals surface area contributed by atoms with E-state index in [1.165, 1.54) is 11.3 Å². The normalized spacial score (nSPS) is 16.7. The summed E-state index contributed by atoms with van der Waals surface area (Å²) in [6.45, 7) is 8.37. The molecule has 1 aromatic carbocycles. The highest BCUT2D eigenvalue weighted by Gasteiger charge is 2.22. The Morgan fingerprint density at radius 2 is 2.05 bits per heavy atom. The number of methoxy groups -OCH3 is 1. The van der Waals surface area contributed by atoms with Crippen LogP contribution in [0.15, 0.2) is 18.2 Å². The lowest BCUT2D eigenvalue weighted by Crippen LogP contribution is -2.37. The molecule has 1 aliphatic rings. The Bertz CT molecular complexity index is 442. The lowest BCUT2D eigenvalue weighted by Gasteiger charge is -2.34. The summed E-state index contributed by atoms with van der Waals surface area (Å²) in [5.74, 6) is 0.657. The summed E-state index contributed by atoms with van der Waals surface area (Å²) in [5, 5.41) is 4.37. The third-order valence-corrected chi connectivity index (χ3v) is 4.33. The molecule has 2 rings (SSSR count). The number of nitrogens with one attached hydrogen (secondary N) is 1. The summed E-state index contributed by atoms with van der Waals surface area (Å²) in [5.41, 5.74) is 2.49. The molecule has 1 aromatic rings. The van der Waals surface area contributed by atoms with E-state index in [1.807, 2.05) is 12.1 Å². The van der Waals surface area contributed by atoms with Crippen LogP contribution in [0.4, 0.5) is 5.69 Å². The van der Waals surface area contributed by atoms with E-state index in [-0.39, 0.29) is 0 Å². The largest absolute Gasteiger partial charge is 0.381 e. The van der Waals surface area contributed by atoms with E-state index < -0.39 is 0 Å². The van der Waals surface area contributed by atoms with Gasteiger partial charge in [-0.3, -0.25) is 0 Å². The second kappa shape index (κ2) is 8.02. The number of rotatable bonds is 6. The molecule has 1 N–H and O–H groups in total. The van der Waals surface area contributed by atoms with Crippen LogP contribution in [-0.4, -0.2) is 32.8 Å². The fraction of sp³-hybridized carbons (Fsp3) is 0.647. The van der Waals surface area contributed by atoms with Gasteiger partial charge in [0.05, 0.1) is 16.8 Å². The summed E-state index contributed by atoms with van der Waals surface area (Å²) in [6.07, 6.45) is 2.53. The van der Waals surface area contributed by atoms with Crippen molar-refractivity contribution >= 4 is 17.3 Å². The molecule has 1 aliphatic heterocycles. The summed E-state index contributed by atoms with van der Waals surface area (Å²) >= 11 is 6.47. The van der Waals surface area contributed by atoms with Crippen molar-refractivity contribution in [2.45, 2.75) is 39.3 Å².